The van der Waals surface area contributed by atoms with Crippen LogP contribution in [0, 0.1) is 11.3 Å². The molecule has 0 bridgehead atoms. The van der Waals surface area contributed by atoms with E-state index in [-0.39, 0.29) is 11.5 Å². The van der Waals surface area contributed by atoms with Crippen LogP contribution in [0.25, 0.3) is 0 Å². The molecule has 2 unspecified atom stereocenters. The van der Waals surface area contributed by atoms with Crippen LogP contribution in [0.5, 0.6) is 0 Å². The van der Waals surface area contributed by atoms with E-state index in [1.165, 1.54) is 31.4 Å². The summed E-state index contributed by atoms with van der Waals surface area (Å²) in [4.78, 5) is 0. The minimum Gasteiger partial charge on any atom is -0.313 e. The molecule has 118 valence electrons. The van der Waals surface area contributed by atoms with Crippen LogP contribution in [0.1, 0.15) is 56.7 Å². The van der Waals surface area contributed by atoms with Gasteiger partial charge in [-0.15, -0.1) is 0 Å². The zero-order valence-corrected chi connectivity index (χ0v) is 12.9. The van der Waals surface area contributed by atoms with Crippen LogP contribution in [0.2, 0.25) is 0 Å². The van der Waals surface area contributed by atoms with E-state index >= 15 is 0 Å². The van der Waals surface area contributed by atoms with Crippen LogP contribution >= 0.6 is 0 Å². The normalized spacial score (nSPS) is 23.8. The number of benzene rings is 1. The molecule has 1 aliphatic carbocycles. The van der Waals surface area contributed by atoms with Gasteiger partial charge in [-0.2, -0.15) is 13.2 Å². The van der Waals surface area contributed by atoms with Crippen molar-refractivity contribution in [3.8, 4) is 0 Å². The van der Waals surface area contributed by atoms with Gasteiger partial charge in [0.1, 0.15) is 0 Å². The highest BCUT2D eigenvalue weighted by atomic mass is 19.4. The van der Waals surface area contributed by atoms with E-state index in [1.54, 1.807) is 12.1 Å². The molecule has 2 atom stereocenters. The summed E-state index contributed by atoms with van der Waals surface area (Å²) in [7, 11) is 1.90. The lowest BCUT2D eigenvalue weighted by atomic mass is 9.65. The molecule has 1 aromatic carbocycles. The smallest absolute Gasteiger partial charge is 0.313 e. The molecule has 0 spiro atoms. The average Bonchev–Trinajstić information content (AvgIpc) is 2.41. The number of halogens is 3. The van der Waals surface area contributed by atoms with Gasteiger partial charge in [0.15, 0.2) is 0 Å². The van der Waals surface area contributed by atoms with Gasteiger partial charge >= 0.3 is 6.18 Å². The van der Waals surface area contributed by atoms with Crippen molar-refractivity contribution in [1.29, 1.82) is 0 Å². The summed E-state index contributed by atoms with van der Waals surface area (Å²) >= 11 is 0. The van der Waals surface area contributed by atoms with Crippen molar-refractivity contribution in [2.24, 2.45) is 11.3 Å². The predicted octanol–water partition coefficient (Wildman–Crippen LogP) is 5.18. The molecule has 2 rings (SSSR count). The summed E-state index contributed by atoms with van der Waals surface area (Å²) in [6, 6.07) is 5.73. The molecule has 0 aromatic heterocycles. The van der Waals surface area contributed by atoms with Gasteiger partial charge in [0.05, 0.1) is 5.56 Å². The van der Waals surface area contributed by atoms with Crippen molar-refractivity contribution in [2.45, 2.75) is 51.7 Å². The van der Waals surface area contributed by atoms with Gasteiger partial charge in [0, 0.05) is 6.04 Å². The lowest BCUT2D eigenvalue weighted by Crippen LogP contribution is -2.37. The Labute approximate surface area is 124 Å². The first-order chi connectivity index (χ1) is 9.75. The number of nitrogens with one attached hydrogen (secondary N) is 1. The van der Waals surface area contributed by atoms with Crippen molar-refractivity contribution >= 4 is 0 Å². The number of rotatable bonds is 3. The molecule has 1 N–H and O–H groups in total. The van der Waals surface area contributed by atoms with Gasteiger partial charge in [0.2, 0.25) is 0 Å². The van der Waals surface area contributed by atoms with Crippen molar-refractivity contribution in [2.75, 3.05) is 7.05 Å². The highest BCUT2D eigenvalue weighted by Gasteiger charge is 2.38. The monoisotopic (exact) mass is 299 g/mol. The van der Waals surface area contributed by atoms with E-state index in [0.717, 1.165) is 12.0 Å². The highest BCUT2D eigenvalue weighted by molar-refractivity contribution is 5.27. The minimum atomic E-state index is -4.27. The van der Waals surface area contributed by atoms with Crippen LogP contribution in [-0.4, -0.2) is 7.05 Å². The second-order valence-corrected chi connectivity index (χ2v) is 6.73. The number of hydrogen-bond acceptors (Lipinski definition) is 1. The Morgan fingerprint density at radius 3 is 2.24 bits per heavy atom. The minimum absolute atomic E-state index is 0.114. The lowest BCUT2D eigenvalue weighted by molar-refractivity contribution is -0.137. The average molecular weight is 299 g/mol. The summed E-state index contributed by atoms with van der Waals surface area (Å²) in [5.41, 5.74) is 0.587. The van der Waals surface area contributed by atoms with Crippen LogP contribution in [0.15, 0.2) is 24.3 Å². The Morgan fingerprint density at radius 2 is 1.76 bits per heavy atom. The highest BCUT2D eigenvalue weighted by Crippen LogP contribution is 2.46. The molecular formula is C17H24F3N. The van der Waals surface area contributed by atoms with Crippen LogP contribution < -0.4 is 5.32 Å². The van der Waals surface area contributed by atoms with E-state index in [0.29, 0.717) is 5.92 Å². The fourth-order valence-electron chi connectivity index (χ4n) is 3.62. The van der Waals surface area contributed by atoms with E-state index in [1.807, 2.05) is 7.05 Å². The number of hydrogen-bond donors (Lipinski definition) is 1. The molecule has 21 heavy (non-hydrogen) atoms. The molecule has 0 heterocycles. The molecule has 0 radical (unpaired) electrons. The van der Waals surface area contributed by atoms with E-state index < -0.39 is 11.7 Å². The summed E-state index contributed by atoms with van der Waals surface area (Å²) in [6.45, 7) is 4.54. The van der Waals surface area contributed by atoms with E-state index in [4.69, 9.17) is 0 Å². The fraction of sp³-hybridized carbons (Fsp3) is 0.647. The Morgan fingerprint density at radius 1 is 1.14 bits per heavy atom. The molecule has 0 amide bonds. The quantitative estimate of drug-likeness (QED) is 0.810. The lowest BCUT2D eigenvalue weighted by Gasteiger charge is -2.43. The Kier molecular flexibility index (Phi) is 4.66. The fourth-order valence-corrected chi connectivity index (χ4v) is 3.62. The molecule has 1 saturated carbocycles. The first kappa shape index (κ1) is 16.3. The standard InChI is InChI=1S/C17H24F3N/c1-16(2)11-5-4-6-14(16)15(21-3)12-7-9-13(10-8-12)17(18,19)20/h7-10,14-15,21H,4-6,11H2,1-3H3. The van der Waals surface area contributed by atoms with Gasteiger partial charge in [0.25, 0.3) is 0 Å². The maximum absolute atomic E-state index is 12.7. The van der Waals surface area contributed by atoms with Gasteiger partial charge in [-0.1, -0.05) is 38.8 Å². The topological polar surface area (TPSA) is 12.0 Å². The second kappa shape index (κ2) is 5.99. The van der Waals surface area contributed by atoms with Crippen molar-refractivity contribution in [3.63, 3.8) is 0 Å². The zero-order chi connectivity index (χ0) is 15.7. The largest absolute Gasteiger partial charge is 0.416 e. The summed E-state index contributed by atoms with van der Waals surface area (Å²) in [6.07, 6.45) is 0.480. The van der Waals surface area contributed by atoms with Gasteiger partial charge in [-0.25, -0.2) is 0 Å². The van der Waals surface area contributed by atoms with E-state index in [9.17, 15) is 13.2 Å². The van der Waals surface area contributed by atoms with Crippen molar-refractivity contribution in [3.05, 3.63) is 35.4 Å². The van der Waals surface area contributed by atoms with E-state index in [2.05, 4.69) is 19.2 Å². The summed E-state index contributed by atoms with van der Waals surface area (Å²) < 4.78 is 38.0. The molecule has 4 heteroatoms. The maximum atomic E-state index is 12.7. The SMILES string of the molecule is CNC(c1ccc(C(F)(F)F)cc1)C1CCCCC1(C)C. The van der Waals surface area contributed by atoms with Crippen molar-refractivity contribution < 1.29 is 13.2 Å². The Balaban J connectivity index is 2.25. The van der Waals surface area contributed by atoms with Crippen molar-refractivity contribution in [1.82, 2.24) is 5.32 Å². The molecule has 1 aliphatic rings. The third kappa shape index (κ3) is 3.60. The summed E-state index contributed by atoms with van der Waals surface area (Å²) in [5, 5.41) is 3.32. The summed E-state index contributed by atoms with van der Waals surface area (Å²) in [5.74, 6) is 0.452. The Bertz CT molecular complexity index is 462. The molecule has 1 nitrogen and oxygen atoms in total. The first-order valence-electron chi connectivity index (χ1n) is 7.60. The zero-order valence-electron chi connectivity index (χ0n) is 12.9. The molecule has 1 aromatic rings. The predicted molar refractivity (Wildman–Crippen MR) is 79.0 cm³/mol. The van der Waals surface area contributed by atoms with Crippen LogP contribution in [0.3, 0.4) is 0 Å². The molecule has 0 saturated heterocycles. The second-order valence-electron chi connectivity index (χ2n) is 6.73. The Hall–Kier alpha value is -1.03. The molecule has 0 aliphatic heterocycles. The molecular weight excluding hydrogens is 275 g/mol. The molecule has 1 fully saturated rings. The van der Waals surface area contributed by atoms with Gasteiger partial charge in [-0.3, -0.25) is 0 Å². The van der Waals surface area contributed by atoms with Crippen LogP contribution in [-0.2, 0) is 6.18 Å². The van der Waals surface area contributed by atoms with Gasteiger partial charge in [-0.05, 0) is 48.9 Å². The number of alkyl halides is 3. The maximum Gasteiger partial charge on any atom is 0.416 e. The third-order valence-electron chi connectivity index (χ3n) is 4.90. The third-order valence-corrected chi connectivity index (χ3v) is 4.90. The van der Waals surface area contributed by atoms with Crippen LogP contribution in [0.4, 0.5) is 13.2 Å². The first-order valence-corrected chi connectivity index (χ1v) is 7.60. The van der Waals surface area contributed by atoms with Gasteiger partial charge < -0.3 is 5.32 Å².